The Morgan fingerprint density at radius 3 is 2.69 bits per heavy atom. The van der Waals surface area contributed by atoms with Gasteiger partial charge in [-0.05, 0) is 15.9 Å². The molecule has 0 N–H and O–H groups in total. The minimum absolute atomic E-state index is 0.796. The zero-order valence-electron chi connectivity index (χ0n) is 7.53. The van der Waals surface area contributed by atoms with Gasteiger partial charge in [-0.1, -0.05) is 0 Å². The minimum Gasteiger partial charge on any atom is -0.378 e. The van der Waals surface area contributed by atoms with E-state index in [1.54, 1.807) is 0 Å². The molecule has 4 nitrogen and oxygen atoms in total. The maximum Gasteiger partial charge on any atom is 0.206 e. The number of hydrogen-bond donors (Lipinski definition) is 0. The standard InChI is InChI=1S/C8H12BrN3O/c1-11-6-7(9)10-8(11)12-2-4-13-5-3-12/h6H,2-5H2,1H3. The van der Waals surface area contributed by atoms with Gasteiger partial charge in [-0.3, -0.25) is 0 Å². The van der Waals surface area contributed by atoms with Crippen LogP contribution in [0.2, 0.25) is 0 Å². The van der Waals surface area contributed by atoms with Crippen LogP contribution in [0.15, 0.2) is 10.8 Å². The molecule has 13 heavy (non-hydrogen) atoms. The number of halogens is 1. The molecule has 0 spiro atoms. The van der Waals surface area contributed by atoms with Crippen molar-refractivity contribution in [2.24, 2.45) is 7.05 Å². The Labute approximate surface area is 85.6 Å². The maximum atomic E-state index is 5.28. The lowest BCUT2D eigenvalue weighted by Crippen LogP contribution is -2.37. The summed E-state index contributed by atoms with van der Waals surface area (Å²) in [5, 5.41) is 0. The second-order valence-corrected chi connectivity index (χ2v) is 3.89. The summed E-state index contributed by atoms with van der Waals surface area (Å²) in [5.74, 6) is 1.01. The first-order valence-electron chi connectivity index (χ1n) is 4.29. The molecule has 0 bridgehead atoms. The predicted octanol–water partition coefficient (Wildman–Crippen LogP) is 1.02. The molecular formula is C8H12BrN3O. The van der Waals surface area contributed by atoms with Crippen LogP contribution in [0.5, 0.6) is 0 Å². The third kappa shape index (κ3) is 1.86. The van der Waals surface area contributed by atoms with Crippen molar-refractivity contribution in [1.82, 2.24) is 9.55 Å². The van der Waals surface area contributed by atoms with Gasteiger partial charge in [0.1, 0.15) is 4.60 Å². The minimum atomic E-state index is 0.796. The van der Waals surface area contributed by atoms with E-state index in [0.717, 1.165) is 36.9 Å². The number of aryl methyl sites for hydroxylation is 1. The highest BCUT2D eigenvalue weighted by Gasteiger charge is 2.15. The highest BCUT2D eigenvalue weighted by molar-refractivity contribution is 9.10. The van der Waals surface area contributed by atoms with Gasteiger partial charge in [0.25, 0.3) is 0 Å². The molecule has 1 aliphatic heterocycles. The number of imidazole rings is 1. The molecule has 1 aromatic rings. The molecule has 1 aliphatic rings. The van der Waals surface area contributed by atoms with Gasteiger partial charge in [0, 0.05) is 26.3 Å². The van der Waals surface area contributed by atoms with Crippen molar-refractivity contribution in [3.63, 3.8) is 0 Å². The molecule has 0 radical (unpaired) electrons. The smallest absolute Gasteiger partial charge is 0.206 e. The Kier molecular flexibility index (Phi) is 2.55. The number of morpholine rings is 1. The topological polar surface area (TPSA) is 30.3 Å². The summed E-state index contributed by atoms with van der Waals surface area (Å²) in [7, 11) is 2.00. The third-order valence-corrected chi connectivity index (χ3v) is 2.50. The van der Waals surface area contributed by atoms with Crippen LogP contribution < -0.4 is 4.90 Å². The highest BCUT2D eigenvalue weighted by atomic mass is 79.9. The van der Waals surface area contributed by atoms with Gasteiger partial charge in [0.05, 0.1) is 13.2 Å². The normalized spacial score (nSPS) is 17.8. The van der Waals surface area contributed by atoms with Crippen LogP contribution in [0.4, 0.5) is 5.95 Å². The molecule has 1 fully saturated rings. The lowest BCUT2D eigenvalue weighted by atomic mass is 10.4. The molecule has 0 aliphatic carbocycles. The quantitative estimate of drug-likeness (QED) is 0.741. The molecule has 0 saturated carbocycles. The van der Waals surface area contributed by atoms with Crippen molar-refractivity contribution in [1.29, 1.82) is 0 Å². The molecule has 5 heteroatoms. The Hall–Kier alpha value is -0.550. The van der Waals surface area contributed by atoms with Gasteiger partial charge in [-0.25, -0.2) is 4.98 Å². The first-order chi connectivity index (χ1) is 6.27. The molecule has 1 aromatic heterocycles. The van der Waals surface area contributed by atoms with E-state index in [4.69, 9.17) is 4.74 Å². The van der Waals surface area contributed by atoms with Crippen LogP contribution in [0.3, 0.4) is 0 Å². The van der Waals surface area contributed by atoms with Crippen molar-refractivity contribution in [3.05, 3.63) is 10.8 Å². The summed E-state index contributed by atoms with van der Waals surface area (Å²) >= 11 is 3.36. The molecule has 2 rings (SSSR count). The summed E-state index contributed by atoms with van der Waals surface area (Å²) < 4.78 is 8.19. The van der Waals surface area contributed by atoms with Crippen LogP contribution in [-0.2, 0) is 11.8 Å². The lowest BCUT2D eigenvalue weighted by molar-refractivity contribution is 0.121. The molecule has 0 unspecified atom stereocenters. The fourth-order valence-corrected chi connectivity index (χ4v) is 1.94. The van der Waals surface area contributed by atoms with E-state index in [0.29, 0.717) is 0 Å². The number of aromatic nitrogens is 2. The summed E-state index contributed by atoms with van der Waals surface area (Å²) in [6, 6.07) is 0. The van der Waals surface area contributed by atoms with E-state index in [2.05, 4.69) is 25.8 Å². The van der Waals surface area contributed by atoms with Crippen LogP contribution in [0, 0.1) is 0 Å². The molecule has 0 atom stereocenters. The van der Waals surface area contributed by atoms with Crippen molar-refractivity contribution in [3.8, 4) is 0 Å². The van der Waals surface area contributed by atoms with E-state index in [1.165, 1.54) is 0 Å². The molecule has 0 amide bonds. The van der Waals surface area contributed by atoms with Crippen LogP contribution in [-0.4, -0.2) is 35.9 Å². The van der Waals surface area contributed by atoms with E-state index in [-0.39, 0.29) is 0 Å². The average Bonchev–Trinajstić information content (AvgIpc) is 2.47. The number of hydrogen-bond acceptors (Lipinski definition) is 3. The van der Waals surface area contributed by atoms with Crippen molar-refractivity contribution in [2.75, 3.05) is 31.2 Å². The molecule has 1 saturated heterocycles. The van der Waals surface area contributed by atoms with Crippen molar-refractivity contribution in [2.45, 2.75) is 0 Å². The monoisotopic (exact) mass is 245 g/mol. The summed E-state index contributed by atoms with van der Waals surface area (Å²) in [6.45, 7) is 3.45. The van der Waals surface area contributed by atoms with Gasteiger partial charge in [0.15, 0.2) is 0 Å². The average molecular weight is 246 g/mol. The van der Waals surface area contributed by atoms with Crippen LogP contribution >= 0.6 is 15.9 Å². The maximum absolute atomic E-state index is 5.28. The van der Waals surface area contributed by atoms with Gasteiger partial charge < -0.3 is 14.2 Å². The zero-order chi connectivity index (χ0) is 9.26. The predicted molar refractivity (Wildman–Crippen MR) is 53.9 cm³/mol. The van der Waals surface area contributed by atoms with Gasteiger partial charge in [-0.2, -0.15) is 0 Å². The molecular weight excluding hydrogens is 234 g/mol. The largest absolute Gasteiger partial charge is 0.378 e. The van der Waals surface area contributed by atoms with Crippen molar-refractivity contribution < 1.29 is 4.74 Å². The van der Waals surface area contributed by atoms with E-state index < -0.39 is 0 Å². The highest BCUT2D eigenvalue weighted by Crippen LogP contribution is 2.17. The van der Waals surface area contributed by atoms with Gasteiger partial charge in [0.2, 0.25) is 5.95 Å². The van der Waals surface area contributed by atoms with Gasteiger partial charge in [-0.15, -0.1) is 0 Å². The molecule has 0 aromatic carbocycles. The van der Waals surface area contributed by atoms with Crippen molar-refractivity contribution >= 4 is 21.9 Å². The Bertz CT molecular complexity index is 294. The Balaban J connectivity index is 2.18. The van der Waals surface area contributed by atoms with E-state index in [9.17, 15) is 0 Å². The fraction of sp³-hybridized carbons (Fsp3) is 0.625. The Morgan fingerprint density at radius 1 is 1.46 bits per heavy atom. The summed E-state index contributed by atoms with van der Waals surface area (Å²) in [6.07, 6.45) is 1.96. The molecule has 2 heterocycles. The second kappa shape index (κ2) is 3.67. The SMILES string of the molecule is Cn1cc(Br)nc1N1CCOCC1. The van der Waals surface area contributed by atoms with E-state index in [1.807, 2.05) is 17.8 Å². The second-order valence-electron chi connectivity index (χ2n) is 3.07. The fourth-order valence-electron chi connectivity index (χ4n) is 1.48. The van der Waals surface area contributed by atoms with Gasteiger partial charge >= 0.3 is 0 Å². The number of ether oxygens (including phenoxy) is 1. The number of anilines is 1. The lowest BCUT2D eigenvalue weighted by Gasteiger charge is -2.27. The van der Waals surface area contributed by atoms with Crippen LogP contribution in [0.1, 0.15) is 0 Å². The number of rotatable bonds is 1. The third-order valence-electron chi connectivity index (χ3n) is 2.12. The number of nitrogens with zero attached hydrogens (tertiary/aromatic N) is 3. The first-order valence-corrected chi connectivity index (χ1v) is 5.08. The van der Waals surface area contributed by atoms with E-state index >= 15 is 0 Å². The summed E-state index contributed by atoms with van der Waals surface area (Å²) in [4.78, 5) is 6.61. The first kappa shape index (κ1) is 9.02. The molecule has 72 valence electrons. The summed E-state index contributed by atoms with van der Waals surface area (Å²) in [5.41, 5.74) is 0. The zero-order valence-corrected chi connectivity index (χ0v) is 9.12. The Morgan fingerprint density at radius 2 is 2.15 bits per heavy atom. The van der Waals surface area contributed by atoms with Crippen LogP contribution in [0.25, 0.3) is 0 Å².